The fraction of sp³-hybridized carbons (Fsp3) is 0.125. The Morgan fingerprint density at radius 3 is 2.31 bits per heavy atom. The summed E-state index contributed by atoms with van der Waals surface area (Å²) in [7, 11) is 1.55. The first-order valence-electron chi connectivity index (χ1n) is 9.69. The van der Waals surface area contributed by atoms with Crippen molar-refractivity contribution in [2.24, 2.45) is 0 Å². The number of carbonyl (C=O) groups is 3. The molecular formula is C24H21BrN2O5. The lowest BCUT2D eigenvalue weighted by molar-refractivity contribution is -0.153. The van der Waals surface area contributed by atoms with E-state index in [1.54, 1.807) is 86.0 Å². The van der Waals surface area contributed by atoms with Crippen LogP contribution in [0.1, 0.15) is 22.0 Å². The van der Waals surface area contributed by atoms with E-state index >= 15 is 0 Å². The van der Waals surface area contributed by atoms with Gasteiger partial charge in [-0.05, 0) is 42.5 Å². The molecule has 0 saturated carbocycles. The van der Waals surface area contributed by atoms with Gasteiger partial charge in [-0.2, -0.15) is 0 Å². The first-order chi connectivity index (χ1) is 15.5. The molecule has 0 bridgehead atoms. The van der Waals surface area contributed by atoms with Gasteiger partial charge < -0.3 is 20.1 Å². The van der Waals surface area contributed by atoms with Crippen LogP contribution >= 0.6 is 15.9 Å². The molecule has 8 heteroatoms. The van der Waals surface area contributed by atoms with E-state index in [2.05, 4.69) is 26.6 Å². The standard InChI is InChI=1S/C24H21BrN2O5/c1-31-20-12-10-19(11-13-20)27-24(30)22(16-6-3-2-4-7-16)32-21(28)15-26-23(29)17-8-5-9-18(25)14-17/h2-14,22H,15H2,1H3,(H,26,29)(H,27,30). The van der Waals surface area contributed by atoms with Gasteiger partial charge in [-0.1, -0.05) is 52.3 Å². The first kappa shape index (κ1) is 23.0. The Morgan fingerprint density at radius 1 is 0.938 bits per heavy atom. The van der Waals surface area contributed by atoms with Crippen LogP contribution in [0, 0.1) is 0 Å². The zero-order valence-corrected chi connectivity index (χ0v) is 18.8. The van der Waals surface area contributed by atoms with Crippen molar-refractivity contribution < 1.29 is 23.9 Å². The molecule has 1 atom stereocenters. The highest BCUT2D eigenvalue weighted by Gasteiger charge is 2.25. The van der Waals surface area contributed by atoms with Gasteiger partial charge in [0.25, 0.3) is 11.8 Å². The fourth-order valence-corrected chi connectivity index (χ4v) is 3.24. The average molecular weight is 497 g/mol. The fourth-order valence-electron chi connectivity index (χ4n) is 2.84. The van der Waals surface area contributed by atoms with Crippen LogP contribution in [0.3, 0.4) is 0 Å². The van der Waals surface area contributed by atoms with Crippen LogP contribution in [0.4, 0.5) is 5.69 Å². The monoisotopic (exact) mass is 496 g/mol. The van der Waals surface area contributed by atoms with Gasteiger partial charge in [0.2, 0.25) is 6.10 Å². The van der Waals surface area contributed by atoms with E-state index in [0.717, 1.165) is 4.47 Å². The Morgan fingerprint density at radius 2 is 1.66 bits per heavy atom. The number of esters is 1. The second kappa shape index (κ2) is 11.1. The SMILES string of the molecule is COc1ccc(NC(=O)C(OC(=O)CNC(=O)c2cccc(Br)c2)c2ccccc2)cc1. The van der Waals surface area contributed by atoms with E-state index in [1.165, 1.54) is 0 Å². The lowest BCUT2D eigenvalue weighted by atomic mass is 10.1. The number of amides is 2. The molecule has 3 aromatic carbocycles. The minimum atomic E-state index is -1.19. The van der Waals surface area contributed by atoms with E-state index in [-0.39, 0.29) is 6.54 Å². The van der Waals surface area contributed by atoms with Gasteiger partial charge in [0.15, 0.2) is 0 Å². The highest BCUT2D eigenvalue weighted by Crippen LogP contribution is 2.21. The zero-order chi connectivity index (χ0) is 22.9. The first-order valence-corrected chi connectivity index (χ1v) is 10.5. The topological polar surface area (TPSA) is 93.7 Å². The van der Waals surface area contributed by atoms with Gasteiger partial charge in [-0.15, -0.1) is 0 Å². The molecule has 3 aromatic rings. The molecule has 0 radical (unpaired) electrons. The van der Waals surface area contributed by atoms with E-state index in [4.69, 9.17) is 9.47 Å². The zero-order valence-electron chi connectivity index (χ0n) is 17.2. The molecule has 0 aliphatic rings. The van der Waals surface area contributed by atoms with Gasteiger partial charge in [-0.25, -0.2) is 0 Å². The maximum atomic E-state index is 12.9. The summed E-state index contributed by atoms with van der Waals surface area (Å²) in [6, 6.07) is 22.2. The van der Waals surface area contributed by atoms with E-state index in [9.17, 15) is 14.4 Å². The molecule has 0 fully saturated rings. The summed E-state index contributed by atoms with van der Waals surface area (Å²) in [5, 5.41) is 5.23. The normalized spacial score (nSPS) is 11.2. The van der Waals surface area contributed by atoms with Gasteiger partial charge in [0.05, 0.1) is 7.11 Å². The van der Waals surface area contributed by atoms with Gasteiger partial charge in [-0.3, -0.25) is 14.4 Å². The molecule has 0 aromatic heterocycles. The van der Waals surface area contributed by atoms with Crippen molar-refractivity contribution in [2.75, 3.05) is 19.0 Å². The third-order valence-corrected chi connectivity index (χ3v) is 4.92. The van der Waals surface area contributed by atoms with Crippen LogP contribution in [-0.4, -0.2) is 31.4 Å². The third-order valence-electron chi connectivity index (χ3n) is 4.43. The van der Waals surface area contributed by atoms with Crippen LogP contribution in [0.5, 0.6) is 5.75 Å². The van der Waals surface area contributed by atoms with Gasteiger partial charge in [0, 0.05) is 21.3 Å². The minimum Gasteiger partial charge on any atom is -0.497 e. The van der Waals surface area contributed by atoms with E-state index < -0.39 is 23.9 Å². The number of anilines is 1. The maximum absolute atomic E-state index is 12.9. The Balaban J connectivity index is 1.66. The molecule has 3 rings (SSSR count). The molecule has 164 valence electrons. The highest BCUT2D eigenvalue weighted by atomic mass is 79.9. The summed E-state index contributed by atoms with van der Waals surface area (Å²) in [6.45, 7) is -0.384. The molecular weight excluding hydrogens is 476 g/mol. The number of hydrogen-bond acceptors (Lipinski definition) is 5. The summed E-state index contributed by atoms with van der Waals surface area (Å²) in [6.07, 6.45) is -1.19. The minimum absolute atomic E-state index is 0.384. The number of benzene rings is 3. The lowest BCUT2D eigenvalue weighted by Crippen LogP contribution is -2.33. The molecule has 0 saturated heterocycles. The predicted octanol–water partition coefficient (Wildman–Crippen LogP) is 4.11. The summed E-state index contributed by atoms with van der Waals surface area (Å²) >= 11 is 3.30. The number of hydrogen-bond donors (Lipinski definition) is 2. The van der Waals surface area contributed by atoms with Crippen LogP contribution in [0.2, 0.25) is 0 Å². The van der Waals surface area contributed by atoms with Gasteiger partial charge in [0.1, 0.15) is 12.3 Å². The Bertz CT molecular complexity index is 1090. The molecule has 0 aliphatic heterocycles. The predicted molar refractivity (Wildman–Crippen MR) is 123 cm³/mol. The Kier molecular flexibility index (Phi) is 7.99. The van der Waals surface area contributed by atoms with Crippen LogP contribution < -0.4 is 15.4 Å². The molecule has 0 heterocycles. The van der Waals surface area contributed by atoms with Gasteiger partial charge >= 0.3 is 5.97 Å². The summed E-state index contributed by atoms with van der Waals surface area (Å²) in [4.78, 5) is 37.6. The Labute approximate surface area is 193 Å². The molecule has 2 N–H and O–H groups in total. The summed E-state index contributed by atoms with van der Waals surface area (Å²) < 4.78 is 11.3. The quantitative estimate of drug-likeness (QED) is 0.457. The molecule has 7 nitrogen and oxygen atoms in total. The molecule has 32 heavy (non-hydrogen) atoms. The maximum Gasteiger partial charge on any atom is 0.326 e. The Hall–Kier alpha value is -3.65. The molecule has 0 aliphatic carbocycles. The highest BCUT2D eigenvalue weighted by molar-refractivity contribution is 9.10. The van der Waals surface area contributed by atoms with Crippen LogP contribution in [0.25, 0.3) is 0 Å². The lowest BCUT2D eigenvalue weighted by Gasteiger charge is -2.18. The van der Waals surface area contributed by atoms with Crippen molar-refractivity contribution in [1.29, 1.82) is 0 Å². The number of ether oxygens (including phenoxy) is 2. The second-order valence-corrected chi connectivity index (χ2v) is 7.61. The van der Waals surface area contributed by atoms with Crippen molar-refractivity contribution in [1.82, 2.24) is 5.32 Å². The molecule has 1 unspecified atom stereocenters. The summed E-state index contributed by atoms with van der Waals surface area (Å²) in [5.41, 5.74) is 1.42. The number of carbonyl (C=O) groups excluding carboxylic acids is 3. The van der Waals surface area contributed by atoms with Crippen LogP contribution in [-0.2, 0) is 14.3 Å². The van der Waals surface area contributed by atoms with Crippen molar-refractivity contribution in [3.8, 4) is 5.75 Å². The third kappa shape index (κ3) is 6.42. The number of rotatable bonds is 8. The molecule has 0 spiro atoms. The second-order valence-electron chi connectivity index (χ2n) is 6.69. The number of methoxy groups -OCH3 is 1. The number of halogens is 1. The van der Waals surface area contributed by atoms with Crippen molar-refractivity contribution in [3.05, 3.63) is 94.5 Å². The molecule has 2 amide bonds. The largest absolute Gasteiger partial charge is 0.497 e. The van der Waals surface area contributed by atoms with Crippen molar-refractivity contribution >= 4 is 39.4 Å². The van der Waals surface area contributed by atoms with Crippen molar-refractivity contribution in [3.63, 3.8) is 0 Å². The van der Waals surface area contributed by atoms with E-state index in [0.29, 0.717) is 22.6 Å². The van der Waals surface area contributed by atoms with Crippen LogP contribution in [0.15, 0.2) is 83.3 Å². The smallest absolute Gasteiger partial charge is 0.326 e. The summed E-state index contributed by atoms with van der Waals surface area (Å²) in [5.74, 6) is -1.04. The van der Waals surface area contributed by atoms with Crippen molar-refractivity contribution in [2.45, 2.75) is 6.10 Å². The number of nitrogens with one attached hydrogen (secondary N) is 2. The van der Waals surface area contributed by atoms with E-state index in [1.807, 2.05) is 0 Å². The average Bonchev–Trinajstić information content (AvgIpc) is 2.82.